The van der Waals surface area contributed by atoms with Crippen molar-refractivity contribution in [2.24, 2.45) is 5.73 Å². The van der Waals surface area contributed by atoms with E-state index in [-0.39, 0.29) is 30.4 Å². The molecule has 2 nitrogen and oxygen atoms in total. The predicted octanol–water partition coefficient (Wildman–Crippen LogP) is -2.27. The van der Waals surface area contributed by atoms with E-state index in [1.54, 1.807) is 0 Å². The molecule has 0 aromatic carbocycles. The van der Waals surface area contributed by atoms with Crippen molar-refractivity contribution < 1.29 is 21.2 Å². The van der Waals surface area contributed by atoms with E-state index >= 15 is 0 Å². The van der Waals surface area contributed by atoms with Crippen LogP contribution in [0.25, 0.3) is 0 Å². The molecule has 0 bridgehead atoms. The van der Waals surface area contributed by atoms with Gasteiger partial charge in [0.15, 0.2) is 0 Å². The summed E-state index contributed by atoms with van der Waals surface area (Å²) >= 11 is 0.204. The molecule has 0 aromatic heterocycles. The van der Waals surface area contributed by atoms with Gasteiger partial charge in [-0.25, -0.2) is 0 Å². The summed E-state index contributed by atoms with van der Waals surface area (Å²) in [5.41, 5.74) is 5.57. The number of nitrogens with two attached hydrogens (primary N) is 1. The Balaban J connectivity index is 3.89. The van der Waals surface area contributed by atoms with Crippen LogP contribution in [-0.2, 0) is 0 Å². The molecule has 0 atom stereocenters. The first-order valence-electron chi connectivity index (χ1n) is 3.36. The Morgan fingerprint density at radius 1 is 1.20 bits per heavy atom. The molecule has 0 aliphatic rings. The van der Waals surface area contributed by atoms with Crippen LogP contribution in [0.4, 0.5) is 0 Å². The number of hydrogen-bond donors (Lipinski definition) is 2. The first kappa shape index (κ1) is 10.7. The van der Waals surface area contributed by atoms with Crippen LogP contribution < -0.4 is 32.3 Å². The Morgan fingerprint density at radius 3 is 1.70 bits per heavy atom. The molecular weight excluding hydrogens is 239 g/mol. The molecule has 0 amide bonds. The van der Waals surface area contributed by atoms with Crippen molar-refractivity contribution in [1.29, 1.82) is 0 Å². The van der Waals surface area contributed by atoms with Crippen molar-refractivity contribution in [3.05, 3.63) is 0 Å². The van der Waals surface area contributed by atoms with E-state index in [0.29, 0.717) is 0 Å². The SMILES string of the molecule is C[I-]C(C)(C)NC(C)(C)N. The average molecular weight is 257 g/mol. The van der Waals surface area contributed by atoms with Gasteiger partial charge < -0.3 is 0 Å². The van der Waals surface area contributed by atoms with E-state index in [2.05, 4.69) is 24.1 Å². The molecule has 0 saturated heterocycles. The first-order valence-corrected chi connectivity index (χ1v) is 6.59. The van der Waals surface area contributed by atoms with Gasteiger partial charge in [0.05, 0.1) is 0 Å². The number of nitrogens with one attached hydrogen (secondary N) is 1. The zero-order chi connectivity index (χ0) is 8.41. The minimum absolute atomic E-state index is 0.204. The van der Waals surface area contributed by atoms with Crippen molar-refractivity contribution >= 4 is 0 Å². The molecule has 0 spiro atoms. The molecule has 64 valence electrons. The predicted molar refractivity (Wildman–Crippen MR) is 41.4 cm³/mol. The molecule has 3 N–H and O–H groups in total. The molecule has 10 heavy (non-hydrogen) atoms. The molecule has 0 aliphatic heterocycles. The topological polar surface area (TPSA) is 38.0 Å². The molecule has 3 heteroatoms. The maximum absolute atomic E-state index is 5.80. The number of hydrogen-bond acceptors (Lipinski definition) is 2. The number of alkyl halides is 2. The molecular formula is C7H18IN2-. The van der Waals surface area contributed by atoms with Crippen LogP contribution in [-0.4, -0.2) is 14.1 Å². The van der Waals surface area contributed by atoms with Crippen molar-refractivity contribution in [2.75, 3.05) is 4.93 Å². The minimum atomic E-state index is -0.237. The van der Waals surface area contributed by atoms with Crippen LogP contribution in [0.2, 0.25) is 0 Å². The summed E-state index contributed by atoms with van der Waals surface area (Å²) in [6, 6.07) is 0. The number of halogens is 1. The normalized spacial score (nSPS) is 14.2. The van der Waals surface area contributed by atoms with E-state index in [1.807, 2.05) is 13.8 Å². The summed E-state index contributed by atoms with van der Waals surface area (Å²) in [5, 5.41) is 3.37. The molecule has 0 saturated carbocycles. The van der Waals surface area contributed by atoms with Crippen LogP contribution >= 0.6 is 0 Å². The summed E-state index contributed by atoms with van der Waals surface area (Å²) in [7, 11) is 0. The van der Waals surface area contributed by atoms with E-state index < -0.39 is 0 Å². The van der Waals surface area contributed by atoms with Crippen LogP contribution in [0.1, 0.15) is 27.7 Å². The zero-order valence-electron chi connectivity index (χ0n) is 7.46. The third-order valence-electron chi connectivity index (χ3n) is 1.09. The summed E-state index contributed by atoms with van der Waals surface area (Å²) in [6.07, 6.45) is 0. The Bertz CT molecular complexity index is 105. The molecule has 0 fully saturated rings. The van der Waals surface area contributed by atoms with Crippen molar-refractivity contribution in [3.8, 4) is 0 Å². The summed E-state index contributed by atoms with van der Waals surface area (Å²) in [4.78, 5) is 2.26. The second kappa shape index (κ2) is 3.36. The molecule has 0 aromatic rings. The van der Waals surface area contributed by atoms with Gasteiger partial charge in [0.2, 0.25) is 0 Å². The first-order chi connectivity index (χ1) is 4.27. The van der Waals surface area contributed by atoms with Gasteiger partial charge in [-0.05, 0) is 0 Å². The van der Waals surface area contributed by atoms with Crippen LogP contribution in [0.3, 0.4) is 0 Å². The fourth-order valence-corrected chi connectivity index (χ4v) is 1.78. The van der Waals surface area contributed by atoms with Crippen molar-refractivity contribution in [1.82, 2.24) is 5.32 Å². The fourth-order valence-electron chi connectivity index (χ4n) is 0.813. The van der Waals surface area contributed by atoms with Gasteiger partial charge in [-0.3, -0.25) is 0 Å². The maximum atomic E-state index is 5.80. The Kier molecular flexibility index (Phi) is 3.58. The standard InChI is InChI=1S/C7H18IN2/c1-6(2,8-5)10-7(3,4)9/h10H,9H2,1-5H3/q-1. The Morgan fingerprint density at radius 2 is 1.60 bits per heavy atom. The van der Waals surface area contributed by atoms with E-state index in [9.17, 15) is 0 Å². The van der Waals surface area contributed by atoms with Gasteiger partial charge in [0.1, 0.15) is 0 Å². The molecule has 0 rings (SSSR count). The van der Waals surface area contributed by atoms with E-state index in [1.165, 1.54) is 0 Å². The third kappa shape index (κ3) is 5.44. The monoisotopic (exact) mass is 257 g/mol. The van der Waals surface area contributed by atoms with Crippen LogP contribution in [0.5, 0.6) is 0 Å². The quantitative estimate of drug-likeness (QED) is 0.259. The van der Waals surface area contributed by atoms with E-state index in [0.717, 1.165) is 0 Å². The van der Waals surface area contributed by atoms with Gasteiger partial charge in [0, 0.05) is 0 Å². The second-order valence-corrected chi connectivity index (χ2v) is 7.28. The summed E-state index contributed by atoms with van der Waals surface area (Å²) in [6.45, 7) is 8.39. The van der Waals surface area contributed by atoms with Crippen molar-refractivity contribution in [3.63, 3.8) is 0 Å². The number of rotatable bonds is 3. The van der Waals surface area contributed by atoms with Gasteiger partial charge >= 0.3 is 74.1 Å². The average Bonchev–Trinajstić information content (AvgIpc) is 1.60. The molecule has 0 unspecified atom stereocenters. The molecule has 0 heterocycles. The van der Waals surface area contributed by atoms with Crippen LogP contribution in [0, 0.1) is 0 Å². The van der Waals surface area contributed by atoms with Crippen molar-refractivity contribution in [2.45, 2.75) is 36.9 Å². The third-order valence-corrected chi connectivity index (χ3v) is 4.06. The van der Waals surface area contributed by atoms with Crippen LogP contribution in [0.15, 0.2) is 0 Å². The molecule has 0 aliphatic carbocycles. The zero-order valence-corrected chi connectivity index (χ0v) is 9.61. The Hall–Kier alpha value is 0.650. The van der Waals surface area contributed by atoms with Gasteiger partial charge in [-0.15, -0.1) is 0 Å². The van der Waals surface area contributed by atoms with Gasteiger partial charge in [0.25, 0.3) is 0 Å². The van der Waals surface area contributed by atoms with E-state index in [4.69, 9.17) is 5.73 Å². The van der Waals surface area contributed by atoms with Gasteiger partial charge in [-0.1, -0.05) is 0 Å². The van der Waals surface area contributed by atoms with Gasteiger partial charge in [-0.2, -0.15) is 0 Å². The fraction of sp³-hybridized carbons (Fsp3) is 1.00. The molecule has 0 radical (unpaired) electrons. The second-order valence-electron chi connectivity index (χ2n) is 3.51. The Labute approximate surface area is 74.2 Å². The summed E-state index contributed by atoms with van der Waals surface area (Å²) < 4.78 is 0.261. The summed E-state index contributed by atoms with van der Waals surface area (Å²) in [5.74, 6) is 0.